The lowest BCUT2D eigenvalue weighted by Gasteiger charge is -2.43. The highest BCUT2D eigenvalue weighted by Gasteiger charge is 2.39. The van der Waals surface area contributed by atoms with E-state index in [1.807, 2.05) is 31.3 Å². The summed E-state index contributed by atoms with van der Waals surface area (Å²) in [6, 6.07) is 7.77. The van der Waals surface area contributed by atoms with Crippen molar-refractivity contribution in [2.24, 2.45) is 4.99 Å². The highest BCUT2D eigenvalue weighted by molar-refractivity contribution is 14.0. The first-order valence-electron chi connectivity index (χ1n) is 10.6. The molecule has 2 fully saturated rings. The van der Waals surface area contributed by atoms with Crippen LogP contribution < -0.4 is 10.6 Å². The predicted octanol–water partition coefficient (Wildman–Crippen LogP) is 3.03. The normalized spacial score (nSPS) is 19.1. The number of hydrogen-bond acceptors (Lipinski definition) is 4. The van der Waals surface area contributed by atoms with Gasteiger partial charge in [0.25, 0.3) is 5.91 Å². The van der Waals surface area contributed by atoms with E-state index in [2.05, 4.69) is 32.3 Å². The molecule has 1 aliphatic carbocycles. The third-order valence-corrected chi connectivity index (χ3v) is 7.03. The molecule has 8 heteroatoms. The number of halogens is 1. The summed E-state index contributed by atoms with van der Waals surface area (Å²) in [5.41, 5.74) is 2.13. The third kappa shape index (κ3) is 6.50. The number of aliphatic imine (C=N–C) groups is 1. The lowest BCUT2D eigenvalue weighted by atomic mass is 9.94. The molecule has 1 aromatic carbocycles. The van der Waals surface area contributed by atoms with Crippen molar-refractivity contribution in [2.75, 3.05) is 52.3 Å². The summed E-state index contributed by atoms with van der Waals surface area (Å²) in [4.78, 5) is 20.8. The first-order valence-corrected chi connectivity index (χ1v) is 11.8. The summed E-state index contributed by atoms with van der Waals surface area (Å²) in [6.45, 7) is 4.05. The number of carbonyl (C=O) groups is 1. The van der Waals surface area contributed by atoms with Crippen LogP contribution in [0.3, 0.4) is 0 Å². The molecule has 2 aliphatic rings. The fourth-order valence-corrected chi connectivity index (χ4v) is 5.26. The monoisotopic (exact) mass is 545 g/mol. The maximum absolute atomic E-state index is 12.0. The minimum absolute atomic E-state index is 0. The van der Waals surface area contributed by atoms with Gasteiger partial charge in [0.2, 0.25) is 0 Å². The van der Waals surface area contributed by atoms with E-state index in [9.17, 15) is 4.79 Å². The molecule has 1 aliphatic heterocycles. The average Bonchev–Trinajstić information content (AvgIpc) is 3.24. The van der Waals surface area contributed by atoms with Gasteiger partial charge in [-0.3, -0.25) is 14.7 Å². The van der Waals surface area contributed by atoms with E-state index in [0.29, 0.717) is 12.1 Å². The molecule has 3 rings (SSSR count). The van der Waals surface area contributed by atoms with Gasteiger partial charge in [0.15, 0.2) is 5.96 Å². The number of guanidine groups is 1. The van der Waals surface area contributed by atoms with Crippen molar-refractivity contribution in [1.82, 2.24) is 20.4 Å². The first-order chi connectivity index (χ1) is 14.0. The fourth-order valence-electron chi connectivity index (χ4n) is 4.35. The third-order valence-electron chi connectivity index (χ3n) is 6.09. The Morgan fingerprint density at radius 2 is 1.77 bits per heavy atom. The van der Waals surface area contributed by atoms with E-state index in [-0.39, 0.29) is 35.4 Å². The summed E-state index contributed by atoms with van der Waals surface area (Å²) < 4.78 is 0. The van der Waals surface area contributed by atoms with Crippen molar-refractivity contribution in [3.63, 3.8) is 0 Å². The Kier molecular flexibility index (Phi) is 10.2. The molecule has 1 aromatic rings. The van der Waals surface area contributed by atoms with Crippen LogP contribution in [0, 0.1) is 0 Å². The zero-order chi connectivity index (χ0) is 20.7. The summed E-state index contributed by atoms with van der Waals surface area (Å²) in [5.74, 6) is 3.37. The van der Waals surface area contributed by atoms with E-state index in [1.54, 1.807) is 19.0 Å². The van der Waals surface area contributed by atoms with E-state index in [4.69, 9.17) is 0 Å². The molecule has 168 valence electrons. The van der Waals surface area contributed by atoms with Crippen LogP contribution in [0.4, 0.5) is 0 Å². The molecular formula is C22H36IN5OS. The molecule has 1 heterocycles. The Bertz CT molecular complexity index is 698. The van der Waals surface area contributed by atoms with E-state index in [0.717, 1.165) is 18.1 Å². The van der Waals surface area contributed by atoms with Crippen LogP contribution in [0.1, 0.15) is 41.6 Å². The van der Waals surface area contributed by atoms with Crippen molar-refractivity contribution in [3.05, 3.63) is 35.4 Å². The quantitative estimate of drug-likeness (QED) is 0.327. The number of nitrogens with zero attached hydrogens (tertiary/aromatic N) is 3. The minimum Gasteiger partial charge on any atom is -0.355 e. The maximum atomic E-state index is 12.0. The van der Waals surface area contributed by atoms with Gasteiger partial charge in [-0.05, 0) is 30.5 Å². The number of nitrogens with one attached hydrogen (secondary N) is 2. The van der Waals surface area contributed by atoms with Crippen LogP contribution >= 0.6 is 35.7 Å². The fraction of sp³-hybridized carbons (Fsp3) is 0.636. The van der Waals surface area contributed by atoms with Crippen molar-refractivity contribution in [3.8, 4) is 0 Å². The second-order valence-electron chi connectivity index (χ2n) is 8.21. The molecular weight excluding hydrogens is 509 g/mol. The van der Waals surface area contributed by atoms with E-state index in [1.165, 1.54) is 50.3 Å². The summed E-state index contributed by atoms with van der Waals surface area (Å²) >= 11 is 2.07. The number of amides is 1. The van der Waals surface area contributed by atoms with Gasteiger partial charge in [0.05, 0.1) is 0 Å². The molecule has 0 unspecified atom stereocenters. The van der Waals surface area contributed by atoms with Crippen LogP contribution in [0.5, 0.6) is 0 Å². The largest absolute Gasteiger partial charge is 0.355 e. The number of rotatable bonds is 6. The second-order valence-corrected chi connectivity index (χ2v) is 9.43. The van der Waals surface area contributed by atoms with Gasteiger partial charge in [-0.25, -0.2) is 0 Å². The van der Waals surface area contributed by atoms with Crippen LogP contribution in [0.2, 0.25) is 0 Å². The Balaban J connectivity index is 0.00000320. The van der Waals surface area contributed by atoms with Gasteiger partial charge < -0.3 is 15.5 Å². The Labute approximate surface area is 202 Å². The zero-order valence-corrected chi connectivity index (χ0v) is 21.6. The van der Waals surface area contributed by atoms with Gasteiger partial charge in [-0.1, -0.05) is 25.0 Å². The van der Waals surface area contributed by atoms with Crippen molar-refractivity contribution < 1.29 is 4.79 Å². The predicted molar refractivity (Wildman–Crippen MR) is 138 cm³/mol. The SMILES string of the molecule is CN=C(NCc1ccc(C(=O)N(C)C)cc1)NCC1(N2CCSCC2)CCCC1.I. The number of hydrogen-bond donors (Lipinski definition) is 2. The summed E-state index contributed by atoms with van der Waals surface area (Å²) in [7, 11) is 5.37. The topological polar surface area (TPSA) is 60.0 Å². The Morgan fingerprint density at radius 3 is 2.33 bits per heavy atom. The molecule has 0 aromatic heterocycles. The minimum atomic E-state index is 0. The molecule has 0 atom stereocenters. The van der Waals surface area contributed by atoms with Crippen LogP contribution in [0.15, 0.2) is 29.3 Å². The molecule has 0 radical (unpaired) electrons. The molecule has 2 N–H and O–H groups in total. The van der Waals surface area contributed by atoms with E-state index >= 15 is 0 Å². The molecule has 6 nitrogen and oxygen atoms in total. The second kappa shape index (κ2) is 12.1. The Hall–Kier alpha value is -1.00. The summed E-state index contributed by atoms with van der Waals surface area (Å²) in [5, 5.41) is 7.02. The average molecular weight is 546 g/mol. The lowest BCUT2D eigenvalue weighted by Crippen LogP contribution is -2.57. The molecule has 0 spiro atoms. The van der Waals surface area contributed by atoms with Crippen LogP contribution in [0.25, 0.3) is 0 Å². The van der Waals surface area contributed by atoms with Crippen molar-refractivity contribution >= 4 is 47.6 Å². The van der Waals surface area contributed by atoms with Crippen molar-refractivity contribution in [2.45, 2.75) is 37.8 Å². The summed E-state index contributed by atoms with van der Waals surface area (Å²) in [6.07, 6.45) is 5.22. The number of benzene rings is 1. The lowest BCUT2D eigenvalue weighted by molar-refractivity contribution is 0.0827. The van der Waals surface area contributed by atoms with Gasteiger partial charge in [-0.2, -0.15) is 11.8 Å². The van der Waals surface area contributed by atoms with Crippen molar-refractivity contribution in [1.29, 1.82) is 0 Å². The van der Waals surface area contributed by atoms with Gasteiger partial charge in [0.1, 0.15) is 0 Å². The highest BCUT2D eigenvalue weighted by Crippen LogP contribution is 2.36. The molecule has 0 bridgehead atoms. The first kappa shape index (κ1) is 25.3. The standard InChI is InChI=1S/C22H35N5OS.HI/c1-23-21(24-16-18-6-8-19(9-7-18)20(28)26(2)3)25-17-22(10-4-5-11-22)27-12-14-29-15-13-27;/h6-9H,4-5,10-17H2,1-3H3,(H2,23,24,25);1H. The Morgan fingerprint density at radius 1 is 1.13 bits per heavy atom. The van der Waals surface area contributed by atoms with Gasteiger partial charge in [-0.15, -0.1) is 24.0 Å². The van der Waals surface area contributed by atoms with E-state index < -0.39 is 0 Å². The number of carbonyl (C=O) groups excluding carboxylic acids is 1. The van der Waals surface area contributed by atoms with Gasteiger partial charge >= 0.3 is 0 Å². The molecule has 1 amide bonds. The molecule has 1 saturated heterocycles. The van der Waals surface area contributed by atoms with Gasteiger partial charge in [0, 0.05) is 69.9 Å². The van der Waals surface area contributed by atoms with Crippen LogP contribution in [-0.4, -0.2) is 79.5 Å². The highest BCUT2D eigenvalue weighted by atomic mass is 127. The molecule has 30 heavy (non-hydrogen) atoms. The smallest absolute Gasteiger partial charge is 0.253 e. The zero-order valence-electron chi connectivity index (χ0n) is 18.4. The number of thioether (sulfide) groups is 1. The maximum Gasteiger partial charge on any atom is 0.253 e. The molecule has 1 saturated carbocycles. The van der Waals surface area contributed by atoms with Crippen LogP contribution in [-0.2, 0) is 6.54 Å².